The van der Waals surface area contributed by atoms with Crippen molar-refractivity contribution in [2.24, 2.45) is 7.05 Å². The van der Waals surface area contributed by atoms with Crippen LogP contribution in [0.15, 0.2) is 18.2 Å². The fraction of sp³-hybridized carbons (Fsp3) is 0.286. The number of alkyl halides is 1. The third-order valence-electron chi connectivity index (χ3n) is 2.97. The molecular formula is C14H14ClN3O. The van der Waals surface area contributed by atoms with E-state index in [9.17, 15) is 0 Å². The highest BCUT2D eigenvalue weighted by Gasteiger charge is 2.14. The highest BCUT2D eigenvalue weighted by Crippen LogP contribution is 2.30. The van der Waals surface area contributed by atoms with Gasteiger partial charge in [-0.25, -0.2) is 0 Å². The van der Waals surface area contributed by atoms with Crippen LogP contribution < -0.4 is 4.74 Å². The Balaban J connectivity index is 2.41. The Kier molecular flexibility index (Phi) is 3.77. The van der Waals surface area contributed by atoms with Crippen molar-refractivity contribution < 1.29 is 4.74 Å². The van der Waals surface area contributed by atoms with Crippen molar-refractivity contribution in [2.45, 2.75) is 19.7 Å². The minimum Gasteiger partial charge on any atom is -0.452 e. The Bertz CT molecular complexity index is 655. The monoisotopic (exact) mass is 275 g/mol. The fourth-order valence-electron chi connectivity index (χ4n) is 1.85. The molecule has 0 spiro atoms. The van der Waals surface area contributed by atoms with E-state index in [-0.39, 0.29) is 0 Å². The number of aromatic nitrogens is 2. The van der Waals surface area contributed by atoms with Gasteiger partial charge in [0, 0.05) is 12.9 Å². The molecule has 1 aromatic heterocycles. The van der Waals surface area contributed by atoms with Crippen LogP contribution in [-0.2, 0) is 12.9 Å². The molecule has 0 unspecified atom stereocenters. The predicted octanol–water partition coefficient (Wildman–Crippen LogP) is 3.44. The fourth-order valence-corrected chi connectivity index (χ4v) is 2.01. The maximum absolute atomic E-state index is 9.17. The zero-order chi connectivity index (χ0) is 14.0. The number of rotatable bonds is 3. The molecule has 0 saturated carbocycles. The summed E-state index contributed by atoms with van der Waals surface area (Å²) < 4.78 is 7.59. The topological polar surface area (TPSA) is 50.8 Å². The lowest BCUT2D eigenvalue weighted by atomic mass is 10.1. The van der Waals surface area contributed by atoms with Crippen molar-refractivity contribution in [3.05, 3.63) is 40.7 Å². The van der Waals surface area contributed by atoms with Gasteiger partial charge in [0.1, 0.15) is 17.5 Å². The average molecular weight is 276 g/mol. The zero-order valence-electron chi connectivity index (χ0n) is 11.1. The van der Waals surface area contributed by atoms with Crippen LogP contribution in [0.5, 0.6) is 11.5 Å². The number of halogens is 1. The second-order valence-corrected chi connectivity index (χ2v) is 4.57. The summed E-state index contributed by atoms with van der Waals surface area (Å²) in [6.45, 7) is 3.80. The molecule has 0 amide bonds. The zero-order valence-corrected chi connectivity index (χ0v) is 11.8. The summed E-state index contributed by atoms with van der Waals surface area (Å²) in [6, 6.07) is 7.48. The van der Waals surface area contributed by atoms with E-state index in [0.29, 0.717) is 22.9 Å². The van der Waals surface area contributed by atoms with E-state index >= 15 is 0 Å². The number of hydrogen-bond donors (Lipinski definition) is 0. The van der Waals surface area contributed by atoms with Gasteiger partial charge in [-0.05, 0) is 31.5 Å². The Morgan fingerprint density at radius 2 is 2.16 bits per heavy atom. The SMILES string of the molecule is Cc1nn(C)c(C)c1Oc1ccc(CCl)cc1C#N. The summed E-state index contributed by atoms with van der Waals surface area (Å²) >= 11 is 5.76. The second kappa shape index (κ2) is 5.33. The Morgan fingerprint density at radius 3 is 2.68 bits per heavy atom. The number of ether oxygens (including phenoxy) is 1. The lowest BCUT2D eigenvalue weighted by molar-refractivity contribution is 0.472. The minimum absolute atomic E-state index is 0.375. The van der Waals surface area contributed by atoms with E-state index in [0.717, 1.165) is 17.0 Å². The van der Waals surface area contributed by atoms with Gasteiger partial charge in [0.05, 0.1) is 11.3 Å². The lowest BCUT2D eigenvalue weighted by Gasteiger charge is -2.08. The number of nitriles is 1. The number of benzene rings is 1. The molecule has 0 atom stereocenters. The second-order valence-electron chi connectivity index (χ2n) is 4.30. The van der Waals surface area contributed by atoms with Gasteiger partial charge in [-0.1, -0.05) is 6.07 Å². The molecule has 2 aromatic rings. The number of aryl methyl sites for hydroxylation is 2. The number of hydrogen-bond acceptors (Lipinski definition) is 3. The molecule has 0 aliphatic rings. The van der Waals surface area contributed by atoms with Crippen molar-refractivity contribution in [1.82, 2.24) is 9.78 Å². The Morgan fingerprint density at radius 1 is 1.42 bits per heavy atom. The molecule has 98 valence electrons. The first-order valence-electron chi connectivity index (χ1n) is 5.84. The normalized spacial score (nSPS) is 10.3. The van der Waals surface area contributed by atoms with Crippen molar-refractivity contribution in [1.29, 1.82) is 5.26 Å². The van der Waals surface area contributed by atoms with E-state index in [1.54, 1.807) is 16.8 Å². The average Bonchev–Trinajstić information content (AvgIpc) is 2.65. The molecule has 5 heteroatoms. The smallest absolute Gasteiger partial charge is 0.171 e. The van der Waals surface area contributed by atoms with Crippen LogP contribution in [0, 0.1) is 25.2 Å². The molecule has 1 aromatic carbocycles. The van der Waals surface area contributed by atoms with Crippen molar-refractivity contribution in [3.8, 4) is 17.6 Å². The maximum Gasteiger partial charge on any atom is 0.171 e. The van der Waals surface area contributed by atoms with Gasteiger partial charge in [-0.3, -0.25) is 4.68 Å². The predicted molar refractivity (Wildman–Crippen MR) is 73.5 cm³/mol. The third-order valence-corrected chi connectivity index (χ3v) is 3.28. The Labute approximate surface area is 117 Å². The Hall–Kier alpha value is -1.99. The standard InChI is InChI=1S/C14H14ClN3O/c1-9-14(10(2)18(3)17-9)19-13-5-4-11(7-15)6-12(13)8-16/h4-6H,7H2,1-3H3. The van der Waals surface area contributed by atoms with Crippen LogP contribution in [0.4, 0.5) is 0 Å². The highest BCUT2D eigenvalue weighted by atomic mass is 35.5. The van der Waals surface area contributed by atoms with Gasteiger partial charge >= 0.3 is 0 Å². The van der Waals surface area contributed by atoms with E-state index in [1.165, 1.54) is 0 Å². The van der Waals surface area contributed by atoms with Crippen LogP contribution in [0.1, 0.15) is 22.5 Å². The first-order chi connectivity index (χ1) is 9.06. The summed E-state index contributed by atoms with van der Waals surface area (Å²) in [7, 11) is 1.86. The maximum atomic E-state index is 9.17. The third kappa shape index (κ3) is 2.56. The van der Waals surface area contributed by atoms with Crippen molar-refractivity contribution in [3.63, 3.8) is 0 Å². The van der Waals surface area contributed by atoms with Crippen LogP contribution >= 0.6 is 11.6 Å². The van der Waals surface area contributed by atoms with Crippen LogP contribution in [0.3, 0.4) is 0 Å². The largest absolute Gasteiger partial charge is 0.452 e. The molecule has 0 saturated heterocycles. The summed E-state index contributed by atoms with van der Waals surface area (Å²) in [5.41, 5.74) is 3.08. The first kappa shape index (κ1) is 13.4. The first-order valence-corrected chi connectivity index (χ1v) is 6.37. The van der Waals surface area contributed by atoms with Gasteiger partial charge in [-0.2, -0.15) is 10.4 Å². The van der Waals surface area contributed by atoms with Gasteiger partial charge in [-0.15, -0.1) is 11.6 Å². The van der Waals surface area contributed by atoms with E-state index < -0.39 is 0 Å². The molecule has 0 N–H and O–H groups in total. The molecule has 0 fully saturated rings. The van der Waals surface area contributed by atoms with Crippen LogP contribution in [-0.4, -0.2) is 9.78 Å². The van der Waals surface area contributed by atoms with Gasteiger partial charge in [0.15, 0.2) is 5.75 Å². The van der Waals surface area contributed by atoms with Crippen LogP contribution in [0.2, 0.25) is 0 Å². The molecule has 1 heterocycles. The van der Waals surface area contributed by atoms with E-state index in [2.05, 4.69) is 11.2 Å². The molecule has 0 bridgehead atoms. The molecule has 2 rings (SSSR count). The van der Waals surface area contributed by atoms with Crippen molar-refractivity contribution in [2.75, 3.05) is 0 Å². The summed E-state index contributed by atoms with van der Waals surface area (Å²) in [5.74, 6) is 1.59. The van der Waals surface area contributed by atoms with E-state index in [1.807, 2.05) is 27.0 Å². The summed E-state index contributed by atoms with van der Waals surface area (Å²) in [5, 5.41) is 13.4. The molecular weight excluding hydrogens is 262 g/mol. The molecule has 4 nitrogen and oxygen atoms in total. The highest BCUT2D eigenvalue weighted by molar-refractivity contribution is 6.17. The number of nitrogens with zero attached hydrogens (tertiary/aromatic N) is 3. The van der Waals surface area contributed by atoms with Gasteiger partial charge < -0.3 is 4.74 Å². The van der Waals surface area contributed by atoms with E-state index in [4.69, 9.17) is 21.6 Å². The van der Waals surface area contributed by atoms with Gasteiger partial charge in [0.25, 0.3) is 0 Å². The molecule has 0 radical (unpaired) electrons. The quantitative estimate of drug-likeness (QED) is 0.806. The minimum atomic E-state index is 0.375. The molecule has 0 aliphatic carbocycles. The lowest BCUT2D eigenvalue weighted by Crippen LogP contribution is -1.94. The van der Waals surface area contributed by atoms with Crippen LogP contribution in [0.25, 0.3) is 0 Å². The summed E-state index contributed by atoms with van der Waals surface area (Å²) in [6.07, 6.45) is 0. The van der Waals surface area contributed by atoms with Gasteiger partial charge in [0.2, 0.25) is 0 Å². The molecule has 19 heavy (non-hydrogen) atoms. The molecule has 0 aliphatic heterocycles. The summed E-state index contributed by atoms with van der Waals surface area (Å²) in [4.78, 5) is 0. The van der Waals surface area contributed by atoms with Crippen molar-refractivity contribution >= 4 is 11.6 Å².